The molecule has 0 radical (unpaired) electrons. The Morgan fingerprint density at radius 3 is 2.65 bits per heavy atom. The van der Waals surface area contributed by atoms with Crippen LogP contribution >= 0.6 is 11.3 Å². The van der Waals surface area contributed by atoms with Crippen molar-refractivity contribution in [2.75, 3.05) is 33.4 Å². The van der Waals surface area contributed by atoms with Crippen molar-refractivity contribution in [3.8, 4) is 0 Å². The van der Waals surface area contributed by atoms with Crippen molar-refractivity contribution < 1.29 is 18.7 Å². The highest BCUT2D eigenvalue weighted by molar-refractivity contribution is 7.10. The smallest absolute Gasteiger partial charge is 0.247 e. The van der Waals surface area contributed by atoms with E-state index in [0.29, 0.717) is 19.7 Å². The largest absolute Gasteiger partial charge is 0.383 e. The second-order valence-corrected chi connectivity index (χ2v) is 9.09. The van der Waals surface area contributed by atoms with E-state index < -0.39 is 0 Å². The average molecular weight is 479 g/mol. The van der Waals surface area contributed by atoms with E-state index in [0.717, 1.165) is 23.1 Å². The van der Waals surface area contributed by atoms with Crippen LogP contribution in [-0.4, -0.2) is 55.0 Å². The van der Waals surface area contributed by atoms with Crippen molar-refractivity contribution >= 4 is 29.2 Å². The number of methoxy groups -OCH3 is 1. The van der Waals surface area contributed by atoms with Gasteiger partial charge in [0.25, 0.3) is 0 Å². The van der Waals surface area contributed by atoms with E-state index in [9.17, 15) is 14.0 Å². The lowest BCUT2D eigenvalue weighted by Gasteiger charge is -2.37. The van der Waals surface area contributed by atoms with Gasteiger partial charge in [-0.25, -0.2) is 4.39 Å². The minimum atomic E-state index is -0.315. The molecule has 4 rings (SSSR count). The van der Waals surface area contributed by atoms with E-state index >= 15 is 0 Å². The van der Waals surface area contributed by atoms with Crippen LogP contribution < -0.4 is 0 Å². The van der Waals surface area contributed by atoms with Crippen molar-refractivity contribution in [3.05, 3.63) is 99.5 Å². The highest BCUT2D eigenvalue weighted by Crippen LogP contribution is 2.37. The maximum atomic E-state index is 13.6. The summed E-state index contributed by atoms with van der Waals surface area (Å²) in [6, 6.07) is 17.6. The third kappa shape index (κ3) is 5.61. The van der Waals surface area contributed by atoms with Gasteiger partial charge in [0.05, 0.1) is 12.6 Å². The monoisotopic (exact) mass is 478 g/mol. The summed E-state index contributed by atoms with van der Waals surface area (Å²) < 4.78 is 18.8. The van der Waals surface area contributed by atoms with Gasteiger partial charge in [0.1, 0.15) is 12.4 Å². The molecule has 0 aliphatic carbocycles. The second kappa shape index (κ2) is 11.2. The van der Waals surface area contributed by atoms with Crippen LogP contribution in [0.4, 0.5) is 4.39 Å². The first-order valence-corrected chi connectivity index (χ1v) is 12.1. The lowest BCUT2D eigenvalue weighted by Crippen LogP contribution is -2.47. The molecular weight excluding hydrogens is 451 g/mol. The van der Waals surface area contributed by atoms with Crippen LogP contribution in [0.25, 0.3) is 6.08 Å². The number of thiophene rings is 1. The molecule has 1 aromatic heterocycles. The minimum Gasteiger partial charge on any atom is -0.383 e. The fourth-order valence-corrected chi connectivity index (χ4v) is 5.05. The summed E-state index contributed by atoms with van der Waals surface area (Å²) in [4.78, 5) is 31.0. The summed E-state index contributed by atoms with van der Waals surface area (Å²) in [5.74, 6) is -0.714. The molecule has 1 unspecified atom stereocenters. The molecule has 3 aromatic rings. The zero-order valence-electron chi connectivity index (χ0n) is 19.0. The number of benzene rings is 2. The number of amides is 2. The number of fused-ring (bicyclic) bond motifs is 1. The summed E-state index contributed by atoms with van der Waals surface area (Å²) in [5, 5.41) is 2.03. The van der Waals surface area contributed by atoms with Crippen molar-refractivity contribution in [3.63, 3.8) is 0 Å². The van der Waals surface area contributed by atoms with Crippen LogP contribution in [0.3, 0.4) is 0 Å². The second-order valence-electron chi connectivity index (χ2n) is 8.09. The normalized spacial score (nSPS) is 15.4. The predicted molar refractivity (Wildman–Crippen MR) is 132 cm³/mol. The Balaban J connectivity index is 1.55. The molecule has 34 heavy (non-hydrogen) atoms. The number of hydrogen-bond acceptors (Lipinski definition) is 4. The van der Waals surface area contributed by atoms with Gasteiger partial charge in [0.2, 0.25) is 11.8 Å². The van der Waals surface area contributed by atoms with Crippen LogP contribution in [0.15, 0.2) is 72.1 Å². The molecule has 0 saturated heterocycles. The van der Waals surface area contributed by atoms with Gasteiger partial charge in [0, 0.05) is 31.2 Å². The third-order valence-electron chi connectivity index (χ3n) is 5.89. The third-order valence-corrected chi connectivity index (χ3v) is 6.89. The molecular formula is C27H27FN2O3S. The molecule has 7 heteroatoms. The Labute approximate surface area is 203 Å². The van der Waals surface area contributed by atoms with Crippen LogP contribution in [0.2, 0.25) is 0 Å². The predicted octanol–water partition coefficient (Wildman–Crippen LogP) is 4.55. The molecule has 0 fully saturated rings. The molecule has 2 amide bonds. The highest BCUT2D eigenvalue weighted by atomic mass is 32.1. The van der Waals surface area contributed by atoms with Gasteiger partial charge in [-0.15, -0.1) is 11.3 Å². The van der Waals surface area contributed by atoms with Crippen molar-refractivity contribution in [2.45, 2.75) is 12.5 Å². The standard InChI is InChI=1S/C27H27FN2O3S/c1-33-17-16-29(25(31)12-7-20-5-3-2-4-6-20)19-26(32)30-15-13-24-23(14-18-34-24)27(30)21-8-10-22(28)11-9-21/h2-12,14,18,27H,13,15-17,19H2,1H3. The summed E-state index contributed by atoms with van der Waals surface area (Å²) in [6.45, 7) is 1.12. The van der Waals surface area contributed by atoms with Gasteiger partial charge in [-0.2, -0.15) is 0 Å². The SMILES string of the molecule is COCCN(CC(=O)N1CCc2sccc2C1c1ccc(F)cc1)C(=O)C=Cc1ccccc1. The van der Waals surface area contributed by atoms with Crippen molar-refractivity contribution in [1.82, 2.24) is 9.80 Å². The first kappa shape index (κ1) is 23.9. The Hall–Kier alpha value is -3.29. The lowest BCUT2D eigenvalue weighted by atomic mass is 9.93. The Morgan fingerprint density at radius 2 is 1.91 bits per heavy atom. The summed E-state index contributed by atoms with van der Waals surface area (Å²) in [5.41, 5.74) is 2.83. The Morgan fingerprint density at radius 1 is 1.15 bits per heavy atom. The van der Waals surface area contributed by atoms with E-state index in [4.69, 9.17) is 4.74 Å². The number of rotatable bonds is 8. The number of hydrogen-bond donors (Lipinski definition) is 0. The number of carbonyl (C=O) groups is 2. The number of ether oxygens (including phenoxy) is 1. The lowest BCUT2D eigenvalue weighted by molar-refractivity contribution is -0.140. The number of halogens is 1. The molecule has 0 N–H and O–H groups in total. The zero-order chi connectivity index (χ0) is 23.9. The molecule has 1 aliphatic heterocycles. The van der Waals surface area contributed by atoms with Gasteiger partial charge in [-0.1, -0.05) is 42.5 Å². The molecule has 1 atom stereocenters. The van der Waals surface area contributed by atoms with Gasteiger partial charge >= 0.3 is 0 Å². The molecule has 2 aromatic carbocycles. The fraction of sp³-hybridized carbons (Fsp3) is 0.259. The molecule has 176 valence electrons. The summed E-state index contributed by atoms with van der Waals surface area (Å²) in [6.07, 6.45) is 3.99. The summed E-state index contributed by atoms with van der Waals surface area (Å²) in [7, 11) is 1.57. The van der Waals surface area contributed by atoms with Crippen molar-refractivity contribution in [1.29, 1.82) is 0 Å². The van der Waals surface area contributed by atoms with Crippen molar-refractivity contribution in [2.24, 2.45) is 0 Å². The Bertz CT molecular complexity index is 1140. The maximum absolute atomic E-state index is 13.6. The maximum Gasteiger partial charge on any atom is 0.247 e. The van der Waals surface area contributed by atoms with Gasteiger partial charge in [0.15, 0.2) is 0 Å². The fourth-order valence-electron chi connectivity index (χ4n) is 4.15. The molecule has 0 spiro atoms. The highest BCUT2D eigenvalue weighted by Gasteiger charge is 2.33. The molecule has 5 nitrogen and oxygen atoms in total. The zero-order valence-corrected chi connectivity index (χ0v) is 19.8. The first-order chi connectivity index (χ1) is 16.6. The minimum absolute atomic E-state index is 0.0571. The van der Waals surface area contributed by atoms with Gasteiger partial charge in [-0.05, 0) is 52.8 Å². The van der Waals surface area contributed by atoms with E-state index in [1.165, 1.54) is 28.0 Å². The molecule has 0 saturated carbocycles. The quantitative estimate of drug-likeness (QED) is 0.447. The van der Waals surface area contributed by atoms with E-state index in [-0.39, 0.29) is 30.2 Å². The van der Waals surface area contributed by atoms with Crippen LogP contribution in [0.5, 0.6) is 0 Å². The molecule has 2 heterocycles. The van der Waals surface area contributed by atoms with E-state index in [2.05, 4.69) is 0 Å². The van der Waals surface area contributed by atoms with E-state index in [1.807, 2.05) is 41.8 Å². The molecule has 0 bridgehead atoms. The molecule has 1 aliphatic rings. The van der Waals surface area contributed by atoms with Crippen LogP contribution in [0, 0.1) is 5.82 Å². The topological polar surface area (TPSA) is 49.9 Å². The average Bonchev–Trinajstić information content (AvgIpc) is 3.34. The van der Waals surface area contributed by atoms with E-state index in [1.54, 1.807) is 41.6 Å². The van der Waals surface area contributed by atoms with Crippen LogP contribution in [0.1, 0.15) is 27.6 Å². The Kier molecular flexibility index (Phi) is 7.87. The number of nitrogens with zero attached hydrogens (tertiary/aromatic N) is 2. The first-order valence-electron chi connectivity index (χ1n) is 11.2. The van der Waals surface area contributed by atoms with Crippen LogP contribution in [-0.2, 0) is 20.7 Å². The number of carbonyl (C=O) groups excluding carboxylic acids is 2. The van der Waals surface area contributed by atoms with Gasteiger partial charge in [-0.3, -0.25) is 9.59 Å². The van der Waals surface area contributed by atoms with Gasteiger partial charge < -0.3 is 14.5 Å². The summed E-state index contributed by atoms with van der Waals surface area (Å²) >= 11 is 1.67.